The van der Waals surface area contributed by atoms with Crippen molar-refractivity contribution in [3.63, 3.8) is 0 Å². The predicted octanol–water partition coefficient (Wildman–Crippen LogP) is 3.40. The summed E-state index contributed by atoms with van der Waals surface area (Å²) in [5.41, 5.74) is 0.583. The number of nitrogens with zero attached hydrogens (tertiary/aromatic N) is 1. The molecule has 3 rings (SSSR count). The average molecular weight is 414 g/mol. The summed E-state index contributed by atoms with van der Waals surface area (Å²) in [4.78, 5) is 27.7. The molecule has 1 aliphatic heterocycles. The highest BCUT2D eigenvalue weighted by atomic mass is 19.1. The summed E-state index contributed by atoms with van der Waals surface area (Å²) >= 11 is 0. The van der Waals surface area contributed by atoms with E-state index in [0.717, 1.165) is 12.0 Å². The van der Waals surface area contributed by atoms with E-state index in [9.17, 15) is 14.0 Å². The second-order valence-electron chi connectivity index (χ2n) is 7.80. The Bertz CT molecular complexity index is 894. The van der Waals surface area contributed by atoms with Gasteiger partial charge >= 0.3 is 0 Å². The van der Waals surface area contributed by atoms with E-state index in [2.05, 4.69) is 5.32 Å². The van der Waals surface area contributed by atoms with E-state index >= 15 is 0 Å². The molecule has 1 saturated heterocycles. The van der Waals surface area contributed by atoms with Gasteiger partial charge in [0.25, 0.3) is 5.91 Å². The standard InChI is InChI=1S/C23H27FN2O4/c1-23(22(28)25-14-16-5-7-18(24)8-6-16)9-4-10-26(15-23)21(27)17-11-19(29-2)13-20(12-17)30-3/h5-8,11-13H,4,9-10,14-15H2,1-3H3,(H,25,28)/t23-/m0/s1. The van der Waals surface area contributed by atoms with Gasteiger partial charge in [-0.15, -0.1) is 0 Å². The van der Waals surface area contributed by atoms with Crippen molar-refractivity contribution in [2.75, 3.05) is 27.3 Å². The van der Waals surface area contributed by atoms with Crippen molar-refractivity contribution in [1.82, 2.24) is 10.2 Å². The van der Waals surface area contributed by atoms with Crippen LogP contribution in [0.4, 0.5) is 4.39 Å². The van der Waals surface area contributed by atoms with Gasteiger partial charge < -0.3 is 19.7 Å². The SMILES string of the molecule is COc1cc(OC)cc(C(=O)N2CCC[C@](C)(C(=O)NCc3ccc(F)cc3)C2)c1. The summed E-state index contributed by atoms with van der Waals surface area (Å²) in [6.07, 6.45) is 1.42. The topological polar surface area (TPSA) is 67.9 Å². The number of hydrogen-bond acceptors (Lipinski definition) is 4. The quantitative estimate of drug-likeness (QED) is 0.787. The molecular formula is C23H27FN2O4. The molecule has 0 bridgehead atoms. The molecule has 0 radical (unpaired) electrons. The second kappa shape index (κ2) is 9.15. The minimum Gasteiger partial charge on any atom is -0.497 e. The van der Waals surface area contributed by atoms with E-state index in [0.29, 0.717) is 43.1 Å². The first-order valence-electron chi connectivity index (χ1n) is 9.90. The predicted molar refractivity (Wildman–Crippen MR) is 111 cm³/mol. The summed E-state index contributed by atoms with van der Waals surface area (Å²) in [5.74, 6) is 0.480. The molecule has 1 atom stereocenters. The van der Waals surface area contributed by atoms with E-state index in [1.54, 1.807) is 35.2 Å². The number of nitrogens with one attached hydrogen (secondary N) is 1. The zero-order valence-electron chi connectivity index (χ0n) is 17.5. The van der Waals surface area contributed by atoms with Crippen LogP contribution >= 0.6 is 0 Å². The van der Waals surface area contributed by atoms with Crippen molar-refractivity contribution in [2.24, 2.45) is 5.41 Å². The minimum atomic E-state index is -0.698. The van der Waals surface area contributed by atoms with Crippen molar-refractivity contribution in [3.05, 3.63) is 59.4 Å². The molecule has 1 heterocycles. The monoisotopic (exact) mass is 414 g/mol. The Labute approximate surface area is 176 Å². The summed E-state index contributed by atoms with van der Waals surface area (Å²) < 4.78 is 23.6. The first-order chi connectivity index (χ1) is 14.3. The van der Waals surface area contributed by atoms with Gasteiger partial charge in [-0.3, -0.25) is 9.59 Å². The minimum absolute atomic E-state index is 0.118. The third-order valence-corrected chi connectivity index (χ3v) is 5.50. The number of rotatable bonds is 6. The largest absolute Gasteiger partial charge is 0.497 e. The first kappa shape index (κ1) is 21.6. The maximum Gasteiger partial charge on any atom is 0.254 e. The Hall–Kier alpha value is -3.09. The van der Waals surface area contributed by atoms with E-state index in [1.807, 2.05) is 6.92 Å². The van der Waals surface area contributed by atoms with Crippen LogP contribution in [0.3, 0.4) is 0 Å². The number of methoxy groups -OCH3 is 2. The summed E-state index contributed by atoms with van der Waals surface area (Å²) in [7, 11) is 3.07. The number of ether oxygens (including phenoxy) is 2. The smallest absolute Gasteiger partial charge is 0.254 e. The zero-order chi connectivity index (χ0) is 21.7. The highest BCUT2D eigenvalue weighted by Crippen LogP contribution is 2.32. The highest BCUT2D eigenvalue weighted by molar-refractivity contribution is 5.96. The second-order valence-corrected chi connectivity index (χ2v) is 7.80. The lowest BCUT2D eigenvalue weighted by Crippen LogP contribution is -2.51. The number of hydrogen-bond donors (Lipinski definition) is 1. The average Bonchev–Trinajstić information content (AvgIpc) is 2.77. The van der Waals surface area contributed by atoms with Crippen molar-refractivity contribution in [2.45, 2.75) is 26.3 Å². The van der Waals surface area contributed by atoms with Crippen LogP contribution in [-0.4, -0.2) is 44.0 Å². The van der Waals surface area contributed by atoms with Gasteiger partial charge in [-0.1, -0.05) is 12.1 Å². The number of benzene rings is 2. The van der Waals surface area contributed by atoms with Crippen molar-refractivity contribution in [3.8, 4) is 11.5 Å². The summed E-state index contributed by atoms with van der Waals surface area (Å²) in [6.45, 7) is 3.09. The number of carbonyl (C=O) groups is 2. The van der Waals surface area contributed by atoms with Crippen molar-refractivity contribution in [1.29, 1.82) is 0 Å². The normalized spacial score (nSPS) is 18.6. The fraction of sp³-hybridized carbons (Fsp3) is 0.391. The molecule has 2 amide bonds. The Morgan fingerprint density at radius 2 is 1.73 bits per heavy atom. The number of piperidine rings is 1. The van der Waals surface area contributed by atoms with Gasteiger partial charge in [-0.05, 0) is 49.6 Å². The van der Waals surface area contributed by atoms with E-state index < -0.39 is 5.41 Å². The molecule has 2 aromatic carbocycles. The fourth-order valence-electron chi connectivity index (χ4n) is 3.71. The fourth-order valence-corrected chi connectivity index (χ4v) is 3.71. The van der Waals surface area contributed by atoms with Gasteiger partial charge in [-0.2, -0.15) is 0 Å². The number of carbonyl (C=O) groups excluding carboxylic acids is 2. The molecule has 0 saturated carbocycles. The van der Waals surface area contributed by atoms with E-state index in [1.165, 1.54) is 26.4 Å². The van der Waals surface area contributed by atoms with Crippen LogP contribution in [0.5, 0.6) is 11.5 Å². The zero-order valence-corrected chi connectivity index (χ0v) is 17.5. The summed E-state index contributed by atoms with van der Waals surface area (Å²) in [6, 6.07) is 11.1. The molecule has 2 aromatic rings. The first-order valence-corrected chi connectivity index (χ1v) is 9.90. The maximum absolute atomic E-state index is 13.1. The van der Waals surface area contributed by atoms with Crippen molar-refractivity contribution >= 4 is 11.8 Å². The van der Waals surface area contributed by atoms with Crippen LogP contribution in [-0.2, 0) is 11.3 Å². The Morgan fingerprint density at radius 1 is 1.10 bits per heavy atom. The Kier molecular flexibility index (Phi) is 6.59. The van der Waals surface area contributed by atoms with Crippen LogP contribution in [0.1, 0.15) is 35.7 Å². The molecule has 1 aliphatic rings. The number of halogens is 1. The number of amides is 2. The van der Waals surface area contributed by atoms with Crippen LogP contribution in [0.15, 0.2) is 42.5 Å². The molecule has 7 heteroatoms. The molecule has 0 spiro atoms. The van der Waals surface area contributed by atoms with Gasteiger partial charge in [0, 0.05) is 31.3 Å². The van der Waals surface area contributed by atoms with E-state index in [4.69, 9.17) is 9.47 Å². The van der Waals surface area contributed by atoms with Gasteiger partial charge in [0.05, 0.1) is 19.6 Å². The Morgan fingerprint density at radius 3 is 2.33 bits per heavy atom. The molecule has 1 fully saturated rings. The van der Waals surface area contributed by atoms with Gasteiger partial charge in [0.2, 0.25) is 5.91 Å². The van der Waals surface area contributed by atoms with Crippen LogP contribution < -0.4 is 14.8 Å². The van der Waals surface area contributed by atoms with Gasteiger partial charge in [0.15, 0.2) is 0 Å². The lowest BCUT2D eigenvalue weighted by molar-refractivity contribution is -0.132. The maximum atomic E-state index is 13.1. The number of likely N-dealkylation sites (tertiary alicyclic amines) is 1. The molecule has 1 N–H and O–H groups in total. The molecule has 0 aromatic heterocycles. The summed E-state index contributed by atoms with van der Waals surface area (Å²) in [5, 5.41) is 2.93. The van der Waals surface area contributed by atoms with E-state index in [-0.39, 0.29) is 17.6 Å². The highest BCUT2D eigenvalue weighted by Gasteiger charge is 2.39. The van der Waals surface area contributed by atoms with Gasteiger partial charge in [-0.25, -0.2) is 4.39 Å². The molecule has 0 aliphatic carbocycles. The lowest BCUT2D eigenvalue weighted by Gasteiger charge is -2.39. The van der Waals surface area contributed by atoms with Crippen LogP contribution in [0.2, 0.25) is 0 Å². The third-order valence-electron chi connectivity index (χ3n) is 5.50. The molecule has 6 nitrogen and oxygen atoms in total. The molecule has 30 heavy (non-hydrogen) atoms. The third kappa shape index (κ3) is 4.90. The molecule has 0 unspecified atom stereocenters. The Balaban J connectivity index is 1.69. The van der Waals surface area contributed by atoms with Crippen LogP contribution in [0.25, 0.3) is 0 Å². The lowest BCUT2D eigenvalue weighted by atomic mass is 9.80. The van der Waals surface area contributed by atoms with Crippen LogP contribution in [0, 0.1) is 11.2 Å². The van der Waals surface area contributed by atoms with Crippen molar-refractivity contribution < 1.29 is 23.5 Å². The molecular weight excluding hydrogens is 387 g/mol. The molecule has 160 valence electrons. The van der Waals surface area contributed by atoms with Gasteiger partial charge in [0.1, 0.15) is 17.3 Å².